The van der Waals surface area contributed by atoms with Crippen LogP contribution in [0.25, 0.3) is 0 Å². The van der Waals surface area contributed by atoms with Crippen molar-refractivity contribution in [1.29, 1.82) is 0 Å². The third-order valence-electron chi connectivity index (χ3n) is 3.28. The topological polar surface area (TPSA) is 63.4 Å². The Morgan fingerprint density at radius 2 is 1.85 bits per heavy atom. The van der Waals surface area contributed by atoms with Gasteiger partial charge in [0.25, 0.3) is 5.91 Å². The Bertz CT molecular complexity index is 728. The van der Waals surface area contributed by atoms with Gasteiger partial charge in [-0.1, -0.05) is 18.2 Å². The number of imide groups is 1. The predicted molar refractivity (Wildman–Crippen MR) is 72.8 cm³/mol. The van der Waals surface area contributed by atoms with Crippen molar-refractivity contribution in [3.8, 4) is 0 Å². The average molecular weight is 270 g/mol. The first-order valence-corrected chi connectivity index (χ1v) is 6.08. The molecule has 2 amide bonds. The van der Waals surface area contributed by atoms with Crippen LogP contribution in [0, 0.1) is 5.82 Å². The van der Waals surface area contributed by atoms with E-state index in [1.807, 2.05) is 0 Å². The first-order valence-electron chi connectivity index (χ1n) is 6.08. The quantitative estimate of drug-likeness (QED) is 0.638. The summed E-state index contributed by atoms with van der Waals surface area (Å²) < 4.78 is 13.5. The van der Waals surface area contributed by atoms with Gasteiger partial charge in [0.2, 0.25) is 5.91 Å². The lowest BCUT2D eigenvalue weighted by Gasteiger charge is -2.26. The molecule has 0 unspecified atom stereocenters. The van der Waals surface area contributed by atoms with Crippen molar-refractivity contribution in [3.05, 3.63) is 59.4 Å². The zero-order valence-electron chi connectivity index (χ0n) is 10.5. The second-order valence-electron chi connectivity index (χ2n) is 4.57. The number of nitrogens with two attached hydrogens (primary N) is 1. The third-order valence-corrected chi connectivity index (χ3v) is 3.28. The molecule has 100 valence electrons. The van der Waals surface area contributed by atoms with Crippen molar-refractivity contribution < 1.29 is 14.0 Å². The standard InChI is InChI=1S/C15H11FN2O2/c16-12-8-10(5-6-13(12)17)18-14(19)7-9-3-1-2-4-11(9)15(18)20/h1-6,8H,7,17H2. The fourth-order valence-corrected chi connectivity index (χ4v) is 2.28. The molecule has 2 aromatic rings. The van der Waals surface area contributed by atoms with Crippen LogP contribution in [0.3, 0.4) is 0 Å². The van der Waals surface area contributed by atoms with Gasteiger partial charge in [-0.25, -0.2) is 9.29 Å². The summed E-state index contributed by atoms with van der Waals surface area (Å²) in [6.07, 6.45) is 0.119. The van der Waals surface area contributed by atoms with Gasteiger partial charge in [-0.2, -0.15) is 0 Å². The summed E-state index contributed by atoms with van der Waals surface area (Å²) in [4.78, 5) is 25.5. The minimum absolute atomic E-state index is 0.0222. The number of carbonyl (C=O) groups is 2. The molecule has 3 rings (SSSR count). The molecule has 1 aliphatic heterocycles. The van der Waals surface area contributed by atoms with Gasteiger partial charge in [-0.05, 0) is 23.8 Å². The average Bonchev–Trinajstić information content (AvgIpc) is 2.43. The highest BCUT2D eigenvalue weighted by Gasteiger charge is 2.32. The van der Waals surface area contributed by atoms with Crippen molar-refractivity contribution in [1.82, 2.24) is 0 Å². The van der Waals surface area contributed by atoms with E-state index >= 15 is 0 Å². The molecule has 1 aliphatic rings. The highest BCUT2D eigenvalue weighted by molar-refractivity contribution is 6.24. The van der Waals surface area contributed by atoms with Crippen LogP contribution < -0.4 is 10.6 Å². The van der Waals surface area contributed by atoms with Crippen molar-refractivity contribution in [2.45, 2.75) is 6.42 Å². The molecule has 0 bridgehead atoms. The summed E-state index contributed by atoms with van der Waals surface area (Å²) in [6, 6.07) is 10.8. The van der Waals surface area contributed by atoms with E-state index in [2.05, 4.69) is 0 Å². The molecule has 0 spiro atoms. The SMILES string of the molecule is Nc1ccc(N2C(=O)Cc3ccccc3C2=O)cc1F. The lowest BCUT2D eigenvalue weighted by molar-refractivity contribution is -0.117. The van der Waals surface area contributed by atoms with Crippen LogP contribution in [0.15, 0.2) is 42.5 Å². The fourth-order valence-electron chi connectivity index (χ4n) is 2.28. The smallest absolute Gasteiger partial charge is 0.265 e. The Balaban J connectivity index is 2.08. The number of benzene rings is 2. The van der Waals surface area contributed by atoms with Gasteiger partial charge in [0.15, 0.2) is 0 Å². The van der Waals surface area contributed by atoms with Crippen molar-refractivity contribution in [2.75, 3.05) is 10.6 Å². The molecule has 2 aromatic carbocycles. The predicted octanol–water partition coefficient (Wildman–Crippen LogP) is 2.14. The first-order chi connectivity index (χ1) is 9.58. The lowest BCUT2D eigenvalue weighted by Crippen LogP contribution is -2.42. The number of rotatable bonds is 1. The Hall–Kier alpha value is -2.69. The van der Waals surface area contributed by atoms with E-state index in [4.69, 9.17) is 5.73 Å². The minimum atomic E-state index is -0.651. The molecule has 0 fully saturated rings. The summed E-state index contributed by atoms with van der Waals surface area (Å²) in [5.41, 5.74) is 6.73. The van der Waals surface area contributed by atoms with Crippen LogP contribution in [-0.4, -0.2) is 11.8 Å². The van der Waals surface area contributed by atoms with Crippen LogP contribution in [0.5, 0.6) is 0 Å². The van der Waals surface area contributed by atoms with E-state index in [0.717, 1.165) is 11.0 Å². The molecule has 0 atom stereocenters. The number of hydrogen-bond donors (Lipinski definition) is 1. The molecule has 5 heteroatoms. The second kappa shape index (κ2) is 4.45. The number of nitrogens with zero attached hydrogens (tertiary/aromatic N) is 1. The fraction of sp³-hybridized carbons (Fsp3) is 0.0667. The molecule has 4 nitrogen and oxygen atoms in total. The van der Waals surface area contributed by atoms with Crippen molar-refractivity contribution in [2.24, 2.45) is 0 Å². The number of hydrogen-bond acceptors (Lipinski definition) is 3. The molecule has 2 N–H and O–H groups in total. The summed E-state index contributed by atoms with van der Waals surface area (Å²) in [5, 5.41) is 0. The number of halogens is 1. The maximum absolute atomic E-state index is 13.5. The normalized spacial score (nSPS) is 14.3. The summed E-state index contributed by atoms with van der Waals surface area (Å²) in [6.45, 7) is 0. The van der Waals surface area contributed by atoms with Crippen molar-refractivity contribution >= 4 is 23.2 Å². The zero-order valence-corrected chi connectivity index (χ0v) is 10.5. The van der Waals surface area contributed by atoms with Crippen LogP contribution in [0.1, 0.15) is 15.9 Å². The van der Waals surface area contributed by atoms with Crippen LogP contribution in [0.2, 0.25) is 0 Å². The van der Waals surface area contributed by atoms with E-state index < -0.39 is 11.7 Å². The highest BCUT2D eigenvalue weighted by atomic mass is 19.1. The molecule has 0 aliphatic carbocycles. The van der Waals surface area contributed by atoms with Gasteiger partial charge in [-0.15, -0.1) is 0 Å². The zero-order chi connectivity index (χ0) is 14.3. The van der Waals surface area contributed by atoms with Crippen molar-refractivity contribution in [3.63, 3.8) is 0 Å². The van der Waals surface area contributed by atoms with Gasteiger partial charge >= 0.3 is 0 Å². The molecule has 20 heavy (non-hydrogen) atoms. The summed E-state index contributed by atoms with van der Waals surface area (Å²) in [5.74, 6) is -1.47. The Morgan fingerprint density at radius 3 is 2.60 bits per heavy atom. The summed E-state index contributed by atoms with van der Waals surface area (Å²) >= 11 is 0. The Kier molecular flexibility index (Phi) is 2.75. The van der Waals surface area contributed by atoms with E-state index in [0.29, 0.717) is 11.1 Å². The minimum Gasteiger partial charge on any atom is -0.396 e. The molecular formula is C15H11FN2O2. The second-order valence-corrected chi connectivity index (χ2v) is 4.57. The number of carbonyl (C=O) groups excluding carboxylic acids is 2. The Morgan fingerprint density at radius 1 is 1.10 bits per heavy atom. The number of nitrogen functional groups attached to an aromatic ring is 1. The maximum Gasteiger partial charge on any atom is 0.265 e. The Labute approximate surface area is 114 Å². The molecule has 0 saturated heterocycles. The number of amides is 2. The van der Waals surface area contributed by atoms with E-state index in [-0.39, 0.29) is 23.7 Å². The monoisotopic (exact) mass is 270 g/mol. The lowest BCUT2D eigenvalue weighted by atomic mass is 9.98. The van der Waals surface area contributed by atoms with Gasteiger partial charge in [0.05, 0.1) is 17.8 Å². The number of anilines is 2. The third kappa shape index (κ3) is 1.84. The van der Waals surface area contributed by atoms with Gasteiger partial charge < -0.3 is 5.73 Å². The molecule has 0 saturated carbocycles. The molecule has 1 heterocycles. The van der Waals surface area contributed by atoms with Crippen LogP contribution in [-0.2, 0) is 11.2 Å². The highest BCUT2D eigenvalue weighted by Crippen LogP contribution is 2.27. The van der Waals surface area contributed by atoms with E-state index in [9.17, 15) is 14.0 Å². The first kappa shape index (κ1) is 12.3. The van der Waals surface area contributed by atoms with Crippen LogP contribution >= 0.6 is 0 Å². The van der Waals surface area contributed by atoms with Gasteiger partial charge in [0, 0.05) is 11.6 Å². The largest absolute Gasteiger partial charge is 0.396 e. The van der Waals surface area contributed by atoms with Gasteiger partial charge in [0.1, 0.15) is 5.82 Å². The van der Waals surface area contributed by atoms with E-state index in [1.165, 1.54) is 12.1 Å². The van der Waals surface area contributed by atoms with Crippen LogP contribution in [0.4, 0.5) is 15.8 Å². The number of fused-ring (bicyclic) bond motifs is 1. The van der Waals surface area contributed by atoms with E-state index in [1.54, 1.807) is 24.3 Å². The molecule has 0 aromatic heterocycles. The molecular weight excluding hydrogens is 259 g/mol. The summed E-state index contributed by atoms with van der Waals surface area (Å²) in [7, 11) is 0. The molecule has 0 radical (unpaired) electrons. The maximum atomic E-state index is 13.5. The van der Waals surface area contributed by atoms with Gasteiger partial charge in [-0.3, -0.25) is 9.59 Å².